The van der Waals surface area contributed by atoms with Gasteiger partial charge in [-0.25, -0.2) is 15.0 Å². The number of fused-ring (bicyclic) bond motifs is 2. The largest absolute Gasteiger partial charge is 0.343 e. The van der Waals surface area contributed by atoms with Crippen LogP contribution in [0.3, 0.4) is 0 Å². The number of hydrogen-bond acceptors (Lipinski definition) is 4. The molecule has 1 aliphatic rings. The van der Waals surface area contributed by atoms with E-state index in [1.807, 2.05) is 6.07 Å². The predicted molar refractivity (Wildman–Crippen MR) is 153 cm³/mol. The Labute approximate surface area is 222 Å². The van der Waals surface area contributed by atoms with Gasteiger partial charge in [-0.15, -0.1) is 0 Å². The van der Waals surface area contributed by atoms with E-state index < -0.39 is 0 Å². The van der Waals surface area contributed by atoms with Gasteiger partial charge in [-0.2, -0.15) is 0 Å². The molecule has 0 aliphatic carbocycles. The van der Waals surface area contributed by atoms with Crippen molar-refractivity contribution in [2.45, 2.75) is 32.4 Å². The summed E-state index contributed by atoms with van der Waals surface area (Å²) in [6, 6.07) is 30.5. The van der Waals surface area contributed by atoms with Crippen LogP contribution in [-0.4, -0.2) is 42.5 Å². The van der Waals surface area contributed by atoms with E-state index in [4.69, 9.17) is 9.97 Å². The van der Waals surface area contributed by atoms with E-state index in [2.05, 4.69) is 105 Å². The zero-order chi connectivity index (χ0) is 25.5. The quantitative estimate of drug-likeness (QED) is 0.284. The summed E-state index contributed by atoms with van der Waals surface area (Å²) in [6.07, 6.45) is 4.00. The Morgan fingerprint density at radius 1 is 0.842 bits per heavy atom. The van der Waals surface area contributed by atoms with E-state index in [0.29, 0.717) is 6.04 Å². The minimum Gasteiger partial charge on any atom is -0.343 e. The van der Waals surface area contributed by atoms with Crippen molar-refractivity contribution in [3.05, 3.63) is 103 Å². The van der Waals surface area contributed by atoms with Crippen LogP contribution in [0.5, 0.6) is 0 Å². The van der Waals surface area contributed by atoms with Crippen LogP contribution in [0.2, 0.25) is 0 Å². The van der Waals surface area contributed by atoms with Crippen LogP contribution >= 0.6 is 0 Å². The first kappa shape index (κ1) is 22.9. The molecular formula is C32H30N6. The first-order valence-corrected chi connectivity index (χ1v) is 13.4. The summed E-state index contributed by atoms with van der Waals surface area (Å²) < 4.78 is 2.45. The van der Waals surface area contributed by atoms with Crippen molar-refractivity contribution >= 4 is 22.2 Å². The highest BCUT2D eigenvalue weighted by Crippen LogP contribution is 2.33. The maximum Gasteiger partial charge on any atom is 0.178 e. The molecule has 0 radical (unpaired) electrons. The van der Waals surface area contributed by atoms with Gasteiger partial charge in [-0.3, -0.25) is 4.90 Å². The summed E-state index contributed by atoms with van der Waals surface area (Å²) in [5, 5.41) is 0. The van der Waals surface area contributed by atoms with Crippen molar-refractivity contribution in [2.75, 3.05) is 13.1 Å². The number of nitrogens with zero attached hydrogens (tertiary/aromatic N) is 5. The second kappa shape index (κ2) is 9.54. The lowest BCUT2D eigenvalue weighted by Crippen LogP contribution is -2.34. The molecule has 0 spiro atoms. The molecule has 3 aromatic carbocycles. The number of aromatic amines is 1. The Balaban J connectivity index is 1.08. The van der Waals surface area contributed by atoms with Gasteiger partial charge < -0.3 is 9.55 Å². The molecule has 1 fully saturated rings. The Kier molecular flexibility index (Phi) is 5.74. The fourth-order valence-electron chi connectivity index (χ4n) is 5.92. The van der Waals surface area contributed by atoms with Crippen molar-refractivity contribution < 1.29 is 0 Å². The number of rotatable bonds is 5. The third-order valence-electron chi connectivity index (χ3n) is 7.82. The zero-order valence-corrected chi connectivity index (χ0v) is 21.5. The maximum absolute atomic E-state index is 4.93. The molecule has 0 amide bonds. The van der Waals surface area contributed by atoms with Crippen LogP contribution in [0.1, 0.15) is 30.3 Å². The van der Waals surface area contributed by atoms with Crippen molar-refractivity contribution in [1.82, 2.24) is 29.4 Å². The monoisotopic (exact) mass is 498 g/mol. The molecule has 7 rings (SSSR count). The van der Waals surface area contributed by atoms with E-state index in [1.54, 1.807) is 6.33 Å². The van der Waals surface area contributed by atoms with E-state index in [9.17, 15) is 0 Å². The molecule has 0 unspecified atom stereocenters. The van der Waals surface area contributed by atoms with E-state index in [0.717, 1.165) is 77.4 Å². The lowest BCUT2D eigenvalue weighted by atomic mass is 9.98. The van der Waals surface area contributed by atoms with Gasteiger partial charge in [0.2, 0.25) is 0 Å². The molecule has 1 saturated heterocycles. The Morgan fingerprint density at radius 3 is 2.42 bits per heavy atom. The van der Waals surface area contributed by atoms with Crippen LogP contribution in [0, 0.1) is 6.92 Å². The SMILES string of the molecule is Cc1nc2ccccc2n1C1CCN(Cc2ccc(-c3nc4nc[nH]c4cc3-c3ccccc3)cc2)CC1. The van der Waals surface area contributed by atoms with E-state index in [1.165, 1.54) is 11.1 Å². The van der Waals surface area contributed by atoms with Gasteiger partial charge in [0, 0.05) is 36.8 Å². The molecule has 0 bridgehead atoms. The third kappa shape index (κ3) is 4.17. The number of imidazole rings is 2. The molecule has 4 heterocycles. The van der Waals surface area contributed by atoms with Gasteiger partial charge in [-0.1, -0.05) is 66.7 Å². The maximum atomic E-state index is 4.93. The van der Waals surface area contributed by atoms with E-state index in [-0.39, 0.29) is 0 Å². The molecule has 38 heavy (non-hydrogen) atoms. The van der Waals surface area contributed by atoms with Gasteiger partial charge in [0.25, 0.3) is 0 Å². The van der Waals surface area contributed by atoms with Crippen LogP contribution in [0.4, 0.5) is 0 Å². The smallest absolute Gasteiger partial charge is 0.178 e. The zero-order valence-electron chi connectivity index (χ0n) is 21.5. The second-order valence-corrected chi connectivity index (χ2v) is 10.2. The lowest BCUT2D eigenvalue weighted by Gasteiger charge is -2.33. The van der Waals surface area contributed by atoms with Crippen molar-refractivity contribution in [3.8, 4) is 22.4 Å². The highest BCUT2D eigenvalue weighted by atomic mass is 15.2. The number of para-hydroxylation sites is 2. The third-order valence-corrected chi connectivity index (χ3v) is 7.82. The number of likely N-dealkylation sites (tertiary alicyclic amines) is 1. The van der Waals surface area contributed by atoms with Crippen LogP contribution in [0.25, 0.3) is 44.6 Å². The summed E-state index contributed by atoms with van der Waals surface area (Å²) in [6.45, 7) is 5.28. The summed E-state index contributed by atoms with van der Waals surface area (Å²) in [5.41, 5.74) is 9.72. The molecule has 0 atom stereocenters. The highest BCUT2D eigenvalue weighted by Gasteiger charge is 2.23. The molecule has 6 heteroatoms. The average Bonchev–Trinajstić information content (AvgIpc) is 3.56. The van der Waals surface area contributed by atoms with Crippen molar-refractivity contribution in [3.63, 3.8) is 0 Å². The number of piperidine rings is 1. The highest BCUT2D eigenvalue weighted by molar-refractivity contribution is 5.88. The normalized spacial score (nSPS) is 15.0. The predicted octanol–water partition coefficient (Wildman–Crippen LogP) is 6.79. The Hall–Kier alpha value is -4.29. The number of aryl methyl sites for hydroxylation is 1. The number of hydrogen-bond donors (Lipinski definition) is 1. The van der Waals surface area contributed by atoms with Gasteiger partial charge in [0.15, 0.2) is 5.65 Å². The Morgan fingerprint density at radius 2 is 1.61 bits per heavy atom. The number of nitrogens with one attached hydrogen (secondary N) is 1. The fourth-order valence-corrected chi connectivity index (χ4v) is 5.92. The summed E-state index contributed by atoms with van der Waals surface area (Å²) >= 11 is 0. The van der Waals surface area contributed by atoms with Crippen molar-refractivity contribution in [1.29, 1.82) is 0 Å². The number of H-pyrrole nitrogens is 1. The van der Waals surface area contributed by atoms with Crippen LogP contribution in [0.15, 0.2) is 91.3 Å². The van der Waals surface area contributed by atoms with Gasteiger partial charge in [0.1, 0.15) is 5.82 Å². The molecule has 1 aliphatic heterocycles. The first-order chi connectivity index (χ1) is 18.7. The molecule has 3 aromatic heterocycles. The average molecular weight is 499 g/mol. The molecule has 0 saturated carbocycles. The molecular weight excluding hydrogens is 468 g/mol. The van der Waals surface area contributed by atoms with Crippen molar-refractivity contribution in [2.24, 2.45) is 0 Å². The number of benzene rings is 3. The summed E-state index contributed by atoms with van der Waals surface area (Å²) in [4.78, 5) is 19.9. The summed E-state index contributed by atoms with van der Waals surface area (Å²) in [7, 11) is 0. The van der Waals surface area contributed by atoms with Gasteiger partial charge in [-0.05, 0) is 49.1 Å². The second-order valence-electron chi connectivity index (χ2n) is 10.2. The van der Waals surface area contributed by atoms with Gasteiger partial charge >= 0.3 is 0 Å². The first-order valence-electron chi connectivity index (χ1n) is 13.4. The topological polar surface area (TPSA) is 62.6 Å². The minimum atomic E-state index is 0.514. The minimum absolute atomic E-state index is 0.514. The number of pyridine rings is 1. The lowest BCUT2D eigenvalue weighted by molar-refractivity contribution is 0.180. The molecule has 6 nitrogen and oxygen atoms in total. The van der Waals surface area contributed by atoms with E-state index >= 15 is 0 Å². The molecule has 1 N–H and O–H groups in total. The van der Waals surface area contributed by atoms with Crippen LogP contribution < -0.4 is 0 Å². The Bertz CT molecular complexity index is 1710. The molecule has 6 aromatic rings. The number of aromatic nitrogens is 5. The van der Waals surface area contributed by atoms with Crippen LogP contribution in [-0.2, 0) is 6.54 Å². The molecule has 188 valence electrons. The fraction of sp³-hybridized carbons (Fsp3) is 0.219. The standard InChI is InChI=1S/C32H30N6/c1-22-35-28-9-5-6-10-30(28)38(22)26-15-17-37(18-16-26)20-23-11-13-25(14-12-23)31-27(24-7-3-2-4-8-24)19-29-32(36-31)34-21-33-29/h2-14,19,21,26H,15-18,20H2,1H3,(H,33,34,36). The van der Waals surface area contributed by atoms with Gasteiger partial charge in [0.05, 0.1) is 28.6 Å². The summed E-state index contributed by atoms with van der Waals surface area (Å²) in [5.74, 6) is 1.12.